The van der Waals surface area contributed by atoms with Gasteiger partial charge >= 0.3 is 0 Å². The second kappa shape index (κ2) is 6.09. The Bertz CT molecular complexity index is 260. The topological polar surface area (TPSA) is 29.9 Å². The van der Waals surface area contributed by atoms with Crippen LogP contribution < -0.4 is 5.32 Å². The Balaban J connectivity index is 2.74. The van der Waals surface area contributed by atoms with Crippen molar-refractivity contribution in [1.82, 2.24) is 14.9 Å². The summed E-state index contributed by atoms with van der Waals surface area (Å²) in [5.41, 5.74) is 0. The Hall–Kier alpha value is -0.480. The summed E-state index contributed by atoms with van der Waals surface area (Å²) >= 11 is 1.84. The monoisotopic (exact) mass is 213 g/mol. The highest BCUT2D eigenvalue weighted by atomic mass is 32.2. The van der Waals surface area contributed by atoms with Crippen molar-refractivity contribution in [2.45, 2.75) is 25.9 Å². The summed E-state index contributed by atoms with van der Waals surface area (Å²) in [6, 6.07) is 0.367. The number of nitrogens with one attached hydrogen (secondary N) is 1. The van der Waals surface area contributed by atoms with Gasteiger partial charge in [0.15, 0.2) is 0 Å². The molecule has 1 atom stereocenters. The van der Waals surface area contributed by atoms with Crippen molar-refractivity contribution in [3.63, 3.8) is 0 Å². The van der Waals surface area contributed by atoms with Crippen LogP contribution in [0.2, 0.25) is 0 Å². The highest BCUT2D eigenvalue weighted by molar-refractivity contribution is 7.98. The molecule has 3 nitrogen and oxygen atoms in total. The van der Waals surface area contributed by atoms with Gasteiger partial charge in [-0.2, -0.15) is 11.8 Å². The fourth-order valence-corrected chi connectivity index (χ4v) is 2.16. The minimum Gasteiger partial charge on any atom is -0.334 e. The predicted molar refractivity (Wildman–Crippen MR) is 62.7 cm³/mol. The van der Waals surface area contributed by atoms with E-state index < -0.39 is 0 Å². The number of hydrogen-bond acceptors (Lipinski definition) is 3. The lowest BCUT2D eigenvalue weighted by molar-refractivity contribution is 0.552. The van der Waals surface area contributed by atoms with Crippen molar-refractivity contribution in [3.05, 3.63) is 18.2 Å². The van der Waals surface area contributed by atoms with Gasteiger partial charge in [0.25, 0.3) is 0 Å². The second-order valence-corrected chi connectivity index (χ2v) is 4.19. The second-order valence-electron chi connectivity index (χ2n) is 3.28. The molecular formula is C10H19N3S. The third-order valence-electron chi connectivity index (χ3n) is 2.21. The van der Waals surface area contributed by atoms with E-state index in [2.05, 4.69) is 34.2 Å². The maximum Gasteiger partial charge on any atom is 0.126 e. The Morgan fingerprint density at radius 3 is 3.00 bits per heavy atom. The summed E-state index contributed by atoms with van der Waals surface area (Å²) in [4.78, 5) is 4.41. The van der Waals surface area contributed by atoms with Crippen LogP contribution in [0.5, 0.6) is 0 Å². The Labute approximate surface area is 90.3 Å². The van der Waals surface area contributed by atoms with Crippen molar-refractivity contribution < 1.29 is 0 Å². The van der Waals surface area contributed by atoms with Gasteiger partial charge in [-0.25, -0.2) is 4.98 Å². The molecule has 1 heterocycles. The van der Waals surface area contributed by atoms with E-state index in [4.69, 9.17) is 0 Å². The van der Waals surface area contributed by atoms with E-state index in [0.717, 1.165) is 24.5 Å². The lowest BCUT2D eigenvalue weighted by atomic mass is 10.3. The smallest absolute Gasteiger partial charge is 0.126 e. The summed E-state index contributed by atoms with van der Waals surface area (Å²) < 4.78 is 2.23. The first-order valence-corrected chi connectivity index (χ1v) is 6.40. The van der Waals surface area contributed by atoms with Crippen molar-refractivity contribution in [2.24, 2.45) is 0 Å². The van der Waals surface area contributed by atoms with Crippen LogP contribution in [0, 0.1) is 0 Å². The fourth-order valence-electron chi connectivity index (χ4n) is 1.51. The molecule has 1 rings (SSSR count). The van der Waals surface area contributed by atoms with Crippen LogP contribution in [-0.2, 0) is 6.54 Å². The maximum absolute atomic E-state index is 4.41. The van der Waals surface area contributed by atoms with Crippen molar-refractivity contribution in [2.75, 3.05) is 19.1 Å². The van der Waals surface area contributed by atoms with Gasteiger partial charge in [0.2, 0.25) is 0 Å². The first-order valence-electron chi connectivity index (χ1n) is 5.00. The first kappa shape index (κ1) is 11.6. The third kappa shape index (κ3) is 2.75. The van der Waals surface area contributed by atoms with Crippen molar-refractivity contribution in [1.29, 1.82) is 0 Å². The highest BCUT2D eigenvalue weighted by Gasteiger charge is 2.13. The average molecular weight is 213 g/mol. The highest BCUT2D eigenvalue weighted by Crippen LogP contribution is 2.15. The van der Waals surface area contributed by atoms with E-state index in [-0.39, 0.29) is 0 Å². The van der Waals surface area contributed by atoms with Gasteiger partial charge in [-0.1, -0.05) is 6.92 Å². The van der Waals surface area contributed by atoms with Crippen molar-refractivity contribution in [3.8, 4) is 0 Å². The molecule has 80 valence electrons. The van der Waals surface area contributed by atoms with E-state index in [1.165, 1.54) is 0 Å². The Morgan fingerprint density at radius 1 is 1.64 bits per heavy atom. The zero-order chi connectivity index (χ0) is 10.4. The van der Waals surface area contributed by atoms with E-state index in [9.17, 15) is 0 Å². The standard InChI is InChI=1S/C10H19N3S/c1-4-6-13-7-5-12-10(13)9(11-2)8-14-3/h5,7,9,11H,4,6,8H2,1-3H3. The van der Waals surface area contributed by atoms with Crippen molar-refractivity contribution >= 4 is 11.8 Å². The lowest BCUT2D eigenvalue weighted by Crippen LogP contribution is -2.22. The van der Waals surface area contributed by atoms with Crippen LogP contribution in [0.4, 0.5) is 0 Å². The normalized spacial score (nSPS) is 13.1. The molecule has 0 aliphatic heterocycles. The quantitative estimate of drug-likeness (QED) is 0.783. The molecule has 0 fully saturated rings. The van der Waals surface area contributed by atoms with E-state index in [1.54, 1.807) is 0 Å². The lowest BCUT2D eigenvalue weighted by Gasteiger charge is -2.16. The fraction of sp³-hybridized carbons (Fsp3) is 0.700. The van der Waals surface area contributed by atoms with Gasteiger partial charge < -0.3 is 9.88 Å². The number of rotatable bonds is 6. The zero-order valence-electron chi connectivity index (χ0n) is 9.16. The number of aryl methyl sites for hydroxylation is 1. The van der Waals surface area contributed by atoms with Crippen LogP contribution in [0.1, 0.15) is 25.2 Å². The Kier molecular flexibility index (Phi) is 5.04. The molecule has 14 heavy (non-hydrogen) atoms. The first-order chi connectivity index (χ1) is 6.83. The molecule has 0 radical (unpaired) electrons. The Morgan fingerprint density at radius 2 is 2.43 bits per heavy atom. The molecule has 0 saturated carbocycles. The minimum atomic E-state index is 0.367. The SMILES string of the molecule is CCCn1ccnc1C(CSC)NC. The van der Waals surface area contributed by atoms with Crippen LogP contribution >= 0.6 is 11.8 Å². The molecule has 1 aromatic heterocycles. The molecule has 0 saturated heterocycles. The molecule has 0 aliphatic rings. The largest absolute Gasteiger partial charge is 0.334 e. The number of imidazole rings is 1. The van der Waals surface area contributed by atoms with Gasteiger partial charge in [0.1, 0.15) is 5.82 Å². The molecule has 1 aromatic rings. The van der Waals surface area contributed by atoms with E-state index in [1.807, 2.05) is 25.0 Å². The van der Waals surface area contributed by atoms with Crippen LogP contribution in [0.15, 0.2) is 12.4 Å². The molecule has 0 aromatic carbocycles. The summed E-state index contributed by atoms with van der Waals surface area (Å²) in [6.07, 6.45) is 7.22. The van der Waals surface area contributed by atoms with Crippen LogP contribution in [0.3, 0.4) is 0 Å². The van der Waals surface area contributed by atoms with Crippen LogP contribution in [-0.4, -0.2) is 28.6 Å². The van der Waals surface area contributed by atoms with Gasteiger partial charge in [0.05, 0.1) is 6.04 Å². The van der Waals surface area contributed by atoms with Gasteiger partial charge in [-0.3, -0.25) is 0 Å². The van der Waals surface area contributed by atoms with Gasteiger partial charge in [-0.15, -0.1) is 0 Å². The minimum absolute atomic E-state index is 0.367. The summed E-state index contributed by atoms with van der Waals surface area (Å²) in [6.45, 7) is 3.24. The van der Waals surface area contributed by atoms with E-state index in [0.29, 0.717) is 6.04 Å². The van der Waals surface area contributed by atoms with Crippen LogP contribution in [0.25, 0.3) is 0 Å². The molecule has 0 amide bonds. The summed E-state index contributed by atoms with van der Waals surface area (Å²) in [7, 11) is 1.99. The summed E-state index contributed by atoms with van der Waals surface area (Å²) in [5.74, 6) is 2.22. The molecule has 4 heteroatoms. The number of nitrogens with zero attached hydrogens (tertiary/aromatic N) is 2. The number of thioether (sulfide) groups is 1. The van der Waals surface area contributed by atoms with E-state index >= 15 is 0 Å². The van der Waals surface area contributed by atoms with Gasteiger partial charge in [-0.05, 0) is 19.7 Å². The molecule has 0 spiro atoms. The zero-order valence-corrected chi connectivity index (χ0v) is 9.97. The number of hydrogen-bond donors (Lipinski definition) is 1. The molecule has 1 unspecified atom stereocenters. The molecule has 0 aliphatic carbocycles. The maximum atomic E-state index is 4.41. The summed E-state index contributed by atoms with van der Waals surface area (Å²) in [5, 5.41) is 3.30. The molecule has 0 bridgehead atoms. The number of aromatic nitrogens is 2. The predicted octanol–water partition coefficient (Wildman–Crippen LogP) is 1.92. The van der Waals surface area contributed by atoms with Gasteiger partial charge in [0, 0.05) is 24.7 Å². The molecular weight excluding hydrogens is 194 g/mol. The third-order valence-corrected chi connectivity index (χ3v) is 2.87. The average Bonchev–Trinajstić information content (AvgIpc) is 2.63. The molecule has 1 N–H and O–H groups in total.